The number of rotatable bonds is 5. The van der Waals surface area contributed by atoms with Crippen LogP contribution in [-0.2, 0) is 6.42 Å². The number of para-hydroxylation sites is 1. The molecule has 6 nitrogen and oxygen atoms in total. The molecule has 0 bridgehead atoms. The summed E-state index contributed by atoms with van der Waals surface area (Å²) in [5.74, 6) is 1.66. The van der Waals surface area contributed by atoms with Crippen molar-refractivity contribution >= 4 is 23.0 Å². The van der Waals surface area contributed by atoms with Crippen molar-refractivity contribution in [2.75, 3.05) is 48.3 Å². The molecule has 35 heavy (non-hydrogen) atoms. The number of hydrogen-bond donors (Lipinski definition) is 1. The summed E-state index contributed by atoms with van der Waals surface area (Å²) in [6.07, 6.45) is 2.67. The molecule has 176 valence electrons. The molecule has 1 fully saturated rings. The molecule has 2 aliphatic rings. The number of benzene rings is 3. The van der Waals surface area contributed by atoms with Crippen molar-refractivity contribution < 1.29 is 0 Å². The number of aromatic nitrogens is 2. The molecule has 1 saturated heterocycles. The van der Waals surface area contributed by atoms with E-state index >= 15 is 0 Å². The zero-order chi connectivity index (χ0) is 23.6. The summed E-state index contributed by atoms with van der Waals surface area (Å²) in [5, 5.41) is 0. The second kappa shape index (κ2) is 9.39. The van der Waals surface area contributed by atoms with Gasteiger partial charge in [0.2, 0.25) is 0 Å². The van der Waals surface area contributed by atoms with Crippen LogP contribution in [0.15, 0.2) is 91.3 Å². The number of piperazine rings is 1. The van der Waals surface area contributed by atoms with Crippen LogP contribution in [0, 0.1) is 0 Å². The molecule has 6 rings (SSSR count). The van der Waals surface area contributed by atoms with Crippen LogP contribution in [0.5, 0.6) is 0 Å². The summed E-state index contributed by atoms with van der Waals surface area (Å²) in [5.41, 5.74) is 12.6. The van der Waals surface area contributed by atoms with E-state index in [1.165, 1.54) is 22.4 Å². The smallest absolute Gasteiger partial charge is 0.161 e. The summed E-state index contributed by atoms with van der Waals surface area (Å²) < 4.78 is 0. The van der Waals surface area contributed by atoms with Crippen molar-refractivity contribution in [3.05, 3.63) is 108 Å². The van der Waals surface area contributed by atoms with Gasteiger partial charge in [-0.2, -0.15) is 0 Å². The van der Waals surface area contributed by atoms with E-state index in [0.717, 1.165) is 50.8 Å². The molecule has 0 atom stereocenters. The number of nitrogens with zero attached hydrogens (tertiary/aromatic N) is 5. The minimum absolute atomic E-state index is 0.235. The third kappa shape index (κ3) is 4.10. The lowest BCUT2D eigenvalue weighted by molar-refractivity contribution is 0.212. The lowest BCUT2D eigenvalue weighted by Gasteiger charge is -2.40. The third-order valence-electron chi connectivity index (χ3n) is 7.19. The molecule has 0 aliphatic carbocycles. The van der Waals surface area contributed by atoms with Crippen LogP contribution in [-0.4, -0.2) is 47.6 Å². The lowest BCUT2D eigenvalue weighted by Crippen LogP contribution is -2.48. The molecule has 0 saturated carbocycles. The van der Waals surface area contributed by atoms with Gasteiger partial charge in [-0.05, 0) is 29.2 Å². The van der Waals surface area contributed by atoms with Crippen LogP contribution in [0.2, 0.25) is 0 Å². The zero-order valence-corrected chi connectivity index (χ0v) is 19.8. The van der Waals surface area contributed by atoms with Crippen molar-refractivity contribution in [3.8, 4) is 0 Å². The Kier molecular flexibility index (Phi) is 5.80. The molecule has 3 aromatic carbocycles. The van der Waals surface area contributed by atoms with Crippen LogP contribution in [0.25, 0.3) is 0 Å². The van der Waals surface area contributed by atoms with E-state index in [-0.39, 0.29) is 6.04 Å². The molecular formula is C29H30N6. The fourth-order valence-corrected chi connectivity index (χ4v) is 5.48. The Labute approximate surface area is 206 Å². The zero-order valence-electron chi connectivity index (χ0n) is 19.8. The van der Waals surface area contributed by atoms with Gasteiger partial charge in [0.15, 0.2) is 11.6 Å². The summed E-state index contributed by atoms with van der Waals surface area (Å²) >= 11 is 0. The van der Waals surface area contributed by atoms with Crippen LogP contribution in [0.3, 0.4) is 0 Å². The van der Waals surface area contributed by atoms with Crippen LogP contribution >= 0.6 is 0 Å². The van der Waals surface area contributed by atoms with Crippen molar-refractivity contribution in [2.45, 2.75) is 12.5 Å². The van der Waals surface area contributed by atoms with Gasteiger partial charge in [-0.25, -0.2) is 9.97 Å². The molecule has 0 spiro atoms. The van der Waals surface area contributed by atoms with Crippen molar-refractivity contribution in [1.29, 1.82) is 0 Å². The van der Waals surface area contributed by atoms with Crippen molar-refractivity contribution in [2.24, 2.45) is 0 Å². The van der Waals surface area contributed by atoms with Crippen molar-refractivity contribution in [1.82, 2.24) is 14.9 Å². The Bertz CT molecular complexity index is 1250. The highest BCUT2D eigenvalue weighted by Gasteiger charge is 2.29. The van der Waals surface area contributed by atoms with Crippen molar-refractivity contribution in [3.63, 3.8) is 0 Å². The molecular weight excluding hydrogens is 432 g/mol. The number of hydrogen-bond acceptors (Lipinski definition) is 6. The third-order valence-corrected chi connectivity index (χ3v) is 7.19. The predicted octanol–water partition coefficient (Wildman–Crippen LogP) is 4.66. The molecule has 4 aromatic rings. The minimum atomic E-state index is 0.235. The van der Waals surface area contributed by atoms with Gasteiger partial charge >= 0.3 is 0 Å². The Morgan fingerprint density at radius 2 is 1.26 bits per heavy atom. The van der Waals surface area contributed by atoms with E-state index in [9.17, 15) is 0 Å². The summed E-state index contributed by atoms with van der Waals surface area (Å²) in [4.78, 5) is 16.3. The topological polar surface area (TPSA) is 61.5 Å². The van der Waals surface area contributed by atoms with E-state index in [0.29, 0.717) is 5.69 Å². The fraction of sp³-hybridized carbons (Fsp3) is 0.241. The first kappa shape index (κ1) is 21.6. The molecule has 2 aliphatic heterocycles. The van der Waals surface area contributed by atoms with E-state index in [1.807, 2.05) is 0 Å². The normalized spacial score (nSPS) is 16.0. The highest BCUT2D eigenvalue weighted by molar-refractivity contribution is 5.81. The molecule has 1 aromatic heterocycles. The molecule has 0 amide bonds. The lowest BCUT2D eigenvalue weighted by atomic mass is 9.96. The first-order valence-electron chi connectivity index (χ1n) is 12.3. The first-order chi connectivity index (χ1) is 17.3. The first-order valence-corrected chi connectivity index (χ1v) is 12.3. The Morgan fingerprint density at radius 1 is 0.657 bits per heavy atom. The maximum absolute atomic E-state index is 6.71. The quantitative estimate of drug-likeness (QED) is 0.465. The highest BCUT2D eigenvalue weighted by Crippen LogP contribution is 2.39. The number of nitrogens with two attached hydrogens (primary N) is 1. The van der Waals surface area contributed by atoms with E-state index in [4.69, 9.17) is 5.73 Å². The molecule has 6 heteroatoms. The molecule has 2 N–H and O–H groups in total. The molecule has 0 unspecified atom stereocenters. The molecule has 3 heterocycles. The van der Waals surface area contributed by atoms with Gasteiger partial charge in [-0.15, -0.1) is 0 Å². The minimum Gasteiger partial charge on any atom is -0.393 e. The average molecular weight is 463 g/mol. The van der Waals surface area contributed by atoms with Crippen LogP contribution < -0.4 is 15.5 Å². The van der Waals surface area contributed by atoms with E-state index in [2.05, 4.69) is 110 Å². The van der Waals surface area contributed by atoms with Gasteiger partial charge in [-0.3, -0.25) is 4.90 Å². The monoisotopic (exact) mass is 462 g/mol. The standard InChI is InChI=1S/C29H30N6/c30-26-28(31-21-32-29(26)35-16-15-22-9-7-8-14-25(22)35)34-19-17-33(18-20-34)27(23-10-3-1-4-11-23)24-12-5-2-6-13-24/h1-14,21,27H,15-20,30H2. The number of nitrogen functional groups attached to an aromatic ring is 1. The number of fused-ring (bicyclic) bond motifs is 1. The SMILES string of the molecule is Nc1c(N2CCN(C(c3ccccc3)c3ccccc3)CC2)ncnc1N1CCc2ccccc21. The Morgan fingerprint density at radius 3 is 1.94 bits per heavy atom. The van der Waals surface area contributed by atoms with E-state index < -0.39 is 0 Å². The van der Waals surface area contributed by atoms with Gasteiger partial charge in [0.1, 0.15) is 12.0 Å². The van der Waals surface area contributed by atoms with E-state index in [1.54, 1.807) is 6.33 Å². The Hall–Kier alpha value is -3.90. The number of anilines is 4. The second-order valence-electron chi connectivity index (χ2n) is 9.21. The second-order valence-corrected chi connectivity index (χ2v) is 9.21. The maximum Gasteiger partial charge on any atom is 0.161 e. The van der Waals surface area contributed by atoms with Crippen LogP contribution in [0.4, 0.5) is 23.0 Å². The van der Waals surface area contributed by atoms with Crippen LogP contribution in [0.1, 0.15) is 22.7 Å². The summed E-state index contributed by atoms with van der Waals surface area (Å²) in [6.45, 7) is 4.49. The largest absolute Gasteiger partial charge is 0.393 e. The average Bonchev–Trinajstić information content (AvgIpc) is 3.35. The molecule has 0 radical (unpaired) electrons. The van der Waals surface area contributed by atoms with Gasteiger partial charge in [0.25, 0.3) is 0 Å². The van der Waals surface area contributed by atoms with Gasteiger partial charge in [0.05, 0.1) is 6.04 Å². The van der Waals surface area contributed by atoms with Gasteiger partial charge in [-0.1, -0.05) is 78.9 Å². The Balaban J connectivity index is 1.23. The summed E-state index contributed by atoms with van der Waals surface area (Å²) in [6, 6.07) is 30.3. The maximum atomic E-state index is 6.71. The van der Waals surface area contributed by atoms with Gasteiger partial charge < -0.3 is 15.5 Å². The van der Waals surface area contributed by atoms with Gasteiger partial charge in [0, 0.05) is 38.4 Å². The fourth-order valence-electron chi connectivity index (χ4n) is 5.48. The summed E-state index contributed by atoms with van der Waals surface area (Å²) in [7, 11) is 0. The predicted molar refractivity (Wildman–Crippen MR) is 142 cm³/mol. The highest BCUT2D eigenvalue weighted by atomic mass is 15.3.